The predicted molar refractivity (Wildman–Crippen MR) is 43.1 cm³/mol. The number of hydrogen-bond acceptors (Lipinski definition) is 2. The van der Waals surface area contributed by atoms with Crippen LogP contribution in [0.4, 0.5) is 0 Å². The second-order valence-electron chi connectivity index (χ2n) is 1.80. The Hall–Kier alpha value is -0.130. The number of halogens is 1. The largest absolute Gasteiger partial charge is 0.242 e. The van der Waals surface area contributed by atoms with E-state index in [1.54, 1.807) is 4.68 Å². The molecule has 0 amide bonds. The first-order chi connectivity index (χ1) is 4.25. The lowest BCUT2D eigenvalue weighted by atomic mass is 10.4. The summed E-state index contributed by atoms with van der Waals surface area (Å²) in [5, 5.41) is 7.79. The minimum absolute atomic E-state index is 0.964. The lowest BCUT2D eigenvalue weighted by Gasteiger charge is -1.88. The third-order valence-corrected chi connectivity index (χ3v) is 2.48. The quantitative estimate of drug-likeness (QED) is 0.681. The van der Waals surface area contributed by atoms with Gasteiger partial charge in [-0.1, -0.05) is 12.1 Å². The summed E-state index contributed by atoms with van der Waals surface area (Å²) in [5.41, 5.74) is 1.08. The number of aromatic nitrogens is 3. The maximum Gasteiger partial charge on any atom is 0.122 e. The Morgan fingerprint density at radius 1 is 1.67 bits per heavy atom. The van der Waals surface area contributed by atoms with Gasteiger partial charge in [0.05, 0.1) is 5.69 Å². The molecule has 50 valence electrons. The average molecular weight is 237 g/mol. The molecule has 0 N–H and O–H groups in total. The SMILES string of the molecule is CCc1nnn(C)c1I. The van der Waals surface area contributed by atoms with Crippen LogP contribution in [-0.2, 0) is 13.5 Å². The Balaban J connectivity index is 3.04. The van der Waals surface area contributed by atoms with Crippen molar-refractivity contribution in [1.29, 1.82) is 0 Å². The Morgan fingerprint density at radius 2 is 2.33 bits per heavy atom. The van der Waals surface area contributed by atoms with Crippen LogP contribution in [0, 0.1) is 3.70 Å². The summed E-state index contributed by atoms with van der Waals surface area (Å²) in [6.07, 6.45) is 0.964. The van der Waals surface area contributed by atoms with Crippen molar-refractivity contribution < 1.29 is 0 Å². The van der Waals surface area contributed by atoms with Crippen LogP contribution in [0.25, 0.3) is 0 Å². The fourth-order valence-corrected chi connectivity index (χ4v) is 1.19. The first-order valence-electron chi connectivity index (χ1n) is 2.79. The molecule has 1 aromatic rings. The van der Waals surface area contributed by atoms with Crippen LogP contribution in [0.3, 0.4) is 0 Å². The standard InChI is InChI=1S/C5H8IN3/c1-3-4-5(6)9(2)8-7-4/h3H2,1-2H3. The highest BCUT2D eigenvalue weighted by atomic mass is 127. The molecule has 0 aliphatic rings. The average Bonchev–Trinajstić information content (AvgIpc) is 2.15. The van der Waals surface area contributed by atoms with Crippen LogP contribution in [0.2, 0.25) is 0 Å². The van der Waals surface area contributed by atoms with Gasteiger partial charge < -0.3 is 0 Å². The van der Waals surface area contributed by atoms with E-state index in [0.717, 1.165) is 15.8 Å². The van der Waals surface area contributed by atoms with Crippen LogP contribution in [0.15, 0.2) is 0 Å². The molecule has 0 fully saturated rings. The first kappa shape index (κ1) is 6.98. The summed E-state index contributed by atoms with van der Waals surface area (Å²) in [7, 11) is 1.90. The summed E-state index contributed by atoms with van der Waals surface area (Å²) in [6, 6.07) is 0. The maximum atomic E-state index is 3.94. The van der Waals surface area contributed by atoms with Gasteiger partial charge in [-0.05, 0) is 29.0 Å². The van der Waals surface area contributed by atoms with Gasteiger partial charge in [0.15, 0.2) is 0 Å². The molecule has 0 spiro atoms. The zero-order chi connectivity index (χ0) is 6.85. The van der Waals surface area contributed by atoms with E-state index in [-0.39, 0.29) is 0 Å². The molecule has 9 heavy (non-hydrogen) atoms. The van der Waals surface area contributed by atoms with Crippen molar-refractivity contribution in [2.24, 2.45) is 7.05 Å². The Labute approximate surface area is 67.6 Å². The molecule has 0 saturated carbocycles. The molecular weight excluding hydrogens is 229 g/mol. The van der Waals surface area contributed by atoms with Crippen molar-refractivity contribution in [2.45, 2.75) is 13.3 Å². The molecule has 0 radical (unpaired) electrons. The fourth-order valence-electron chi connectivity index (χ4n) is 0.605. The topological polar surface area (TPSA) is 30.7 Å². The fraction of sp³-hybridized carbons (Fsp3) is 0.600. The van der Waals surface area contributed by atoms with Gasteiger partial charge >= 0.3 is 0 Å². The third-order valence-electron chi connectivity index (χ3n) is 1.16. The van der Waals surface area contributed by atoms with E-state index in [2.05, 4.69) is 39.8 Å². The van der Waals surface area contributed by atoms with Gasteiger partial charge in [0, 0.05) is 7.05 Å². The Morgan fingerprint density at radius 3 is 2.56 bits per heavy atom. The molecular formula is C5H8IN3. The summed E-state index contributed by atoms with van der Waals surface area (Å²) >= 11 is 2.24. The van der Waals surface area contributed by atoms with E-state index >= 15 is 0 Å². The van der Waals surface area contributed by atoms with Gasteiger partial charge in [-0.25, -0.2) is 4.68 Å². The summed E-state index contributed by atoms with van der Waals surface area (Å²) in [4.78, 5) is 0. The molecule has 0 aromatic carbocycles. The van der Waals surface area contributed by atoms with Crippen molar-refractivity contribution >= 4 is 22.6 Å². The van der Waals surface area contributed by atoms with Gasteiger partial charge in [-0.3, -0.25) is 0 Å². The lowest BCUT2D eigenvalue weighted by Crippen LogP contribution is -1.92. The molecule has 1 heterocycles. The zero-order valence-corrected chi connectivity index (χ0v) is 7.58. The summed E-state index contributed by atoms with van der Waals surface area (Å²) < 4.78 is 2.91. The van der Waals surface area contributed by atoms with Gasteiger partial charge in [0.25, 0.3) is 0 Å². The number of nitrogens with zero attached hydrogens (tertiary/aromatic N) is 3. The zero-order valence-electron chi connectivity index (χ0n) is 5.43. The molecule has 1 rings (SSSR count). The lowest BCUT2D eigenvalue weighted by molar-refractivity contribution is 0.700. The second-order valence-corrected chi connectivity index (χ2v) is 2.83. The molecule has 1 aromatic heterocycles. The Bertz CT molecular complexity index is 206. The normalized spacial score (nSPS) is 10.1. The third kappa shape index (κ3) is 1.23. The van der Waals surface area contributed by atoms with Gasteiger partial charge in [0.2, 0.25) is 0 Å². The minimum atomic E-state index is 0.964. The van der Waals surface area contributed by atoms with E-state index in [9.17, 15) is 0 Å². The van der Waals surface area contributed by atoms with Crippen molar-refractivity contribution in [1.82, 2.24) is 15.0 Å². The summed E-state index contributed by atoms with van der Waals surface area (Å²) in [6.45, 7) is 2.08. The maximum absolute atomic E-state index is 3.94. The number of aryl methyl sites for hydroxylation is 2. The first-order valence-corrected chi connectivity index (χ1v) is 3.87. The van der Waals surface area contributed by atoms with Crippen LogP contribution in [0.1, 0.15) is 12.6 Å². The molecule has 0 aliphatic heterocycles. The van der Waals surface area contributed by atoms with Crippen molar-refractivity contribution in [3.63, 3.8) is 0 Å². The van der Waals surface area contributed by atoms with Gasteiger partial charge in [-0.2, -0.15) is 0 Å². The molecule has 0 saturated heterocycles. The smallest absolute Gasteiger partial charge is 0.122 e. The molecule has 0 unspecified atom stereocenters. The van der Waals surface area contributed by atoms with E-state index in [0.29, 0.717) is 0 Å². The molecule has 0 atom stereocenters. The van der Waals surface area contributed by atoms with Crippen LogP contribution in [-0.4, -0.2) is 15.0 Å². The second kappa shape index (κ2) is 2.64. The van der Waals surface area contributed by atoms with Gasteiger partial charge in [-0.15, -0.1) is 5.10 Å². The van der Waals surface area contributed by atoms with Crippen molar-refractivity contribution in [3.05, 3.63) is 9.39 Å². The van der Waals surface area contributed by atoms with E-state index in [4.69, 9.17) is 0 Å². The predicted octanol–water partition coefficient (Wildman–Crippen LogP) is 0.982. The van der Waals surface area contributed by atoms with Gasteiger partial charge in [0.1, 0.15) is 3.70 Å². The van der Waals surface area contributed by atoms with E-state index in [1.807, 2.05) is 7.05 Å². The summed E-state index contributed by atoms with van der Waals surface area (Å²) in [5.74, 6) is 0. The molecule has 0 aliphatic carbocycles. The van der Waals surface area contributed by atoms with Crippen molar-refractivity contribution in [2.75, 3.05) is 0 Å². The number of hydrogen-bond donors (Lipinski definition) is 0. The van der Waals surface area contributed by atoms with Crippen LogP contribution < -0.4 is 0 Å². The minimum Gasteiger partial charge on any atom is -0.242 e. The van der Waals surface area contributed by atoms with E-state index < -0.39 is 0 Å². The van der Waals surface area contributed by atoms with Crippen LogP contribution >= 0.6 is 22.6 Å². The van der Waals surface area contributed by atoms with Crippen LogP contribution in [0.5, 0.6) is 0 Å². The van der Waals surface area contributed by atoms with E-state index in [1.165, 1.54) is 0 Å². The Kier molecular flexibility index (Phi) is 2.05. The molecule has 0 bridgehead atoms. The highest BCUT2D eigenvalue weighted by molar-refractivity contribution is 14.1. The van der Waals surface area contributed by atoms with Crippen molar-refractivity contribution in [3.8, 4) is 0 Å². The monoisotopic (exact) mass is 237 g/mol. The highest BCUT2D eigenvalue weighted by Crippen LogP contribution is 2.06. The number of rotatable bonds is 1. The molecule has 3 nitrogen and oxygen atoms in total. The highest BCUT2D eigenvalue weighted by Gasteiger charge is 2.02. The molecule has 4 heteroatoms.